The Morgan fingerprint density at radius 1 is 1.56 bits per heavy atom. The molecule has 0 spiro atoms. The van der Waals surface area contributed by atoms with E-state index in [1.165, 1.54) is 0 Å². The molecule has 0 amide bonds. The van der Waals surface area contributed by atoms with Gasteiger partial charge in [0.2, 0.25) is 0 Å². The SMILES string of the molecule is C=CCCCN1CCOc2ccc(Br)nc21. The summed E-state index contributed by atoms with van der Waals surface area (Å²) in [6.07, 6.45) is 4.10. The molecule has 3 nitrogen and oxygen atoms in total. The minimum atomic E-state index is 0.740. The number of aromatic nitrogens is 1. The van der Waals surface area contributed by atoms with Crippen LogP contribution in [0.1, 0.15) is 12.8 Å². The maximum atomic E-state index is 5.57. The number of nitrogens with zero attached hydrogens (tertiary/aromatic N) is 2. The van der Waals surface area contributed by atoms with Gasteiger partial charge >= 0.3 is 0 Å². The van der Waals surface area contributed by atoms with Gasteiger partial charge in [0.15, 0.2) is 11.6 Å². The molecule has 2 rings (SSSR count). The van der Waals surface area contributed by atoms with Crippen molar-refractivity contribution in [3.05, 3.63) is 29.4 Å². The fourth-order valence-corrected chi connectivity index (χ4v) is 2.07. The highest BCUT2D eigenvalue weighted by molar-refractivity contribution is 9.10. The summed E-state index contributed by atoms with van der Waals surface area (Å²) >= 11 is 3.39. The maximum absolute atomic E-state index is 5.57. The summed E-state index contributed by atoms with van der Waals surface area (Å²) in [6, 6.07) is 3.87. The van der Waals surface area contributed by atoms with E-state index in [1.54, 1.807) is 0 Å². The standard InChI is InChI=1S/C12H15BrN2O/c1-2-3-4-7-15-8-9-16-10-5-6-11(13)14-12(10)15/h2,5-6H,1,3-4,7-9H2. The predicted molar refractivity (Wildman–Crippen MR) is 69.1 cm³/mol. The Morgan fingerprint density at radius 3 is 3.25 bits per heavy atom. The first-order valence-corrected chi connectivity index (χ1v) is 6.26. The van der Waals surface area contributed by atoms with E-state index in [0.717, 1.165) is 48.7 Å². The molecule has 0 saturated carbocycles. The molecule has 0 N–H and O–H groups in total. The molecule has 2 heterocycles. The van der Waals surface area contributed by atoms with Gasteiger partial charge in [0.25, 0.3) is 0 Å². The summed E-state index contributed by atoms with van der Waals surface area (Å²) in [4.78, 5) is 6.74. The number of halogens is 1. The van der Waals surface area contributed by atoms with E-state index < -0.39 is 0 Å². The number of allylic oxidation sites excluding steroid dienone is 1. The summed E-state index contributed by atoms with van der Waals surface area (Å²) in [7, 11) is 0. The molecule has 0 atom stereocenters. The van der Waals surface area contributed by atoms with Crippen molar-refractivity contribution in [2.45, 2.75) is 12.8 Å². The van der Waals surface area contributed by atoms with Crippen molar-refractivity contribution in [1.82, 2.24) is 4.98 Å². The van der Waals surface area contributed by atoms with E-state index in [0.29, 0.717) is 0 Å². The molecule has 1 aromatic heterocycles. The molecule has 86 valence electrons. The fraction of sp³-hybridized carbons (Fsp3) is 0.417. The lowest BCUT2D eigenvalue weighted by Gasteiger charge is -2.30. The summed E-state index contributed by atoms with van der Waals surface area (Å²) in [5, 5.41) is 0. The number of pyridine rings is 1. The smallest absolute Gasteiger partial charge is 0.172 e. The Kier molecular flexibility index (Phi) is 3.83. The minimum Gasteiger partial charge on any atom is -0.488 e. The minimum absolute atomic E-state index is 0.740. The van der Waals surface area contributed by atoms with Crippen molar-refractivity contribution < 1.29 is 4.74 Å². The first kappa shape index (κ1) is 11.5. The predicted octanol–water partition coefficient (Wildman–Crippen LogP) is 3.01. The van der Waals surface area contributed by atoms with Gasteiger partial charge in [-0.3, -0.25) is 0 Å². The lowest BCUT2D eigenvalue weighted by atomic mass is 10.2. The van der Waals surface area contributed by atoms with Crippen LogP contribution in [0.2, 0.25) is 0 Å². The molecule has 0 aliphatic carbocycles. The van der Waals surface area contributed by atoms with Crippen molar-refractivity contribution in [2.24, 2.45) is 0 Å². The van der Waals surface area contributed by atoms with Gasteiger partial charge in [0.1, 0.15) is 11.2 Å². The Balaban J connectivity index is 2.12. The van der Waals surface area contributed by atoms with Crippen molar-refractivity contribution in [3.8, 4) is 5.75 Å². The van der Waals surface area contributed by atoms with Crippen LogP contribution >= 0.6 is 15.9 Å². The Labute approximate surface area is 104 Å². The summed E-state index contributed by atoms with van der Waals surface area (Å²) in [5.74, 6) is 1.83. The number of ether oxygens (including phenoxy) is 1. The van der Waals surface area contributed by atoms with Crippen LogP contribution in [-0.4, -0.2) is 24.7 Å². The average molecular weight is 283 g/mol. The topological polar surface area (TPSA) is 25.4 Å². The van der Waals surface area contributed by atoms with E-state index in [4.69, 9.17) is 4.74 Å². The first-order chi connectivity index (χ1) is 7.81. The Hall–Kier alpha value is -1.03. The van der Waals surface area contributed by atoms with Crippen LogP contribution in [0.4, 0.5) is 5.82 Å². The van der Waals surface area contributed by atoms with E-state index in [1.807, 2.05) is 18.2 Å². The van der Waals surface area contributed by atoms with Crippen LogP contribution in [0, 0.1) is 0 Å². The zero-order chi connectivity index (χ0) is 11.4. The number of fused-ring (bicyclic) bond motifs is 1. The summed E-state index contributed by atoms with van der Waals surface area (Å²) in [5.41, 5.74) is 0. The third-order valence-electron chi connectivity index (χ3n) is 2.56. The highest BCUT2D eigenvalue weighted by Crippen LogP contribution is 2.30. The molecule has 1 aliphatic heterocycles. The van der Waals surface area contributed by atoms with Crippen LogP contribution in [0.15, 0.2) is 29.4 Å². The van der Waals surface area contributed by atoms with Crippen molar-refractivity contribution in [1.29, 1.82) is 0 Å². The van der Waals surface area contributed by atoms with Gasteiger partial charge in [-0.15, -0.1) is 6.58 Å². The second-order valence-corrected chi connectivity index (χ2v) is 4.53. The normalized spacial score (nSPS) is 14.2. The Morgan fingerprint density at radius 2 is 2.44 bits per heavy atom. The highest BCUT2D eigenvalue weighted by atomic mass is 79.9. The van der Waals surface area contributed by atoms with Crippen LogP contribution in [0.5, 0.6) is 5.75 Å². The largest absolute Gasteiger partial charge is 0.488 e. The number of hydrogen-bond acceptors (Lipinski definition) is 3. The Bertz CT molecular complexity index is 381. The number of anilines is 1. The fourth-order valence-electron chi connectivity index (χ4n) is 1.77. The lowest BCUT2D eigenvalue weighted by molar-refractivity contribution is 0.304. The summed E-state index contributed by atoms with van der Waals surface area (Å²) in [6.45, 7) is 6.39. The number of unbranched alkanes of at least 4 members (excludes halogenated alkanes) is 1. The molecule has 0 aromatic carbocycles. The number of hydrogen-bond donors (Lipinski definition) is 0. The summed E-state index contributed by atoms with van der Waals surface area (Å²) < 4.78 is 6.42. The first-order valence-electron chi connectivity index (χ1n) is 5.46. The van der Waals surface area contributed by atoms with Gasteiger partial charge in [-0.25, -0.2) is 4.98 Å². The molecule has 4 heteroatoms. The number of rotatable bonds is 4. The van der Waals surface area contributed by atoms with Gasteiger partial charge in [0.05, 0.1) is 6.54 Å². The molecule has 1 aromatic rings. The van der Waals surface area contributed by atoms with Crippen molar-refractivity contribution >= 4 is 21.7 Å². The zero-order valence-electron chi connectivity index (χ0n) is 9.16. The van der Waals surface area contributed by atoms with Crippen LogP contribution in [0.25, 0.3) is 0 Å². The van der Waals surface area contributed by atoms with E-state index in [-0.39, 0.29) is 0 Å². The van der Waals surface area contributed by atoms with Crippen molar-refractivity contribution in [3.63, 3.8) is 0 Å². The molecule has 0 bridgehead atoms. The van der Waals surface area contributed by atoms with Crippen LogP contribution in [0.3, 0.4) is 0 Å². The maximum Gasteiger partial charge on any atom is 0.172 e. The zero-order valence-corrected chi connectivity index (χ0v) is 10.7. The van der Waals surface area contributed by atoms with E-state index in [9.17, 15) is 0 Å². The van der Waals surface area contributed by atoms with Gasteiger partial charge < -0.3 is 9.64 Å². The molecule has 0 unspecified atom stereocenters. The second kappa shape index (κ2) is 5.34. The lowest BCUT2D eigenvalue weighted by Crippen LogP contribution is -2.34. The third kappa shape index (κ3) is 2.55. The molecule has 0 saturated heterocycles. The van der Waals surface area contributed by atoms with Crippen LogP contribution in [-0.2, 0) is 0 Å². The van der Waals surface area contributed by atoms with Gasteiger partial charge in [-0.05, 0) is 40.9 Å². The molecular weight excluding hydrogens is 268 g/mol. The second-order valence-electron chi connectivity index (χ2n) is 3.72. The molecule has 16 heavy (non-hydrogen) atoms. The van der Waals surface area contributed by atoms with Crippen LogP contribution < -0.4 is 9.64 Å². The van der Waals surface area contributed by atoms with Gasteiger partial charge in [-0.2, -0.15) is 0 Å². The highest BCUT2D eigenvalue weighted by Gasteiger charge is 2.18. The van der Waals surface area contributed by atoms with Gasteiger partial charge in [-0.1, -0.05) is 6.08 Å². The van der Waals surface area contributed by atoms with E-state index >= 15 is 0 Å². The van der Waals surface area contributed by atoms with Gasteiger partial charge in [0, 0.05) is 6.54 Å². The molecule has 0 fully saturated rings. The molecule has 0 radical (unpaired) electrons. The third-order valence-corrected chi connectivity index (χ3v) is 3.00. The van der Waals surface area contributed by atoms with E-state index in [2.05, 4.69) is 32.4 Å². The molecule has 1 aliphatic rings. The van der Waals surface area contributed by atoms with Crippen molar-refractivity contribution in [2.75, 3.05) is 24.6 Å². The quantitative estimate of drug-likeness (QED) is 0.482. The monoisotopic (exact) mass is 282 g/mol. The average Bonchev–Trinajstić information content (AvgIpc) is 2.30. The molecular formula is C12H15BrN2O.